The lowest BCUT2D eigenvalue weighted by Crippen LogP contribution is -2.68. The maximum atomic E-state index is 14.8. The molecule has 0 spiro atoms. The number of carbonyl (C=O) groups excluding carboxylic acids is 4. The van der Waals surface area contributed by atoms with E-state index in [4.69, 9.17) is 66.3 Å². The molecule has 3 aliphatic rings. The zero-order valence-corrected chi connectivity index (χ0v) is 48.3. The standard InChI is InChI=1S/C64H66N6O18/c1-40(71)77-37-48-54(87-63-51(68-70-66)55(78-34-41-22-10-4-11-23-41)52(75-2)47(84-63)38-81-59(72)44-28-16-7-17-29-44)57(80-36-43-26-14-6-15-27-43)58(86-61(74)46-32-20-9-21-33-46)64(85-48)88-53-49(39-82-60(73)45-30-18-8-19-31-45)83-62(76-3)50(67-69-65)56(53)79-35-42-24-12-5-13-25-42/h4-33,47-58,62-64H,34-39H2,1-3H3/t47?,48-,49?,50+,51+,52?,53?,54+,55+,56+,57?,58?,62?,63?,64+/m0/s1. The minimum absolute atomic E-state index is 0.0218. The summed E-state index contributed by atoms with van der Waals surface area (Å²) in [6.07, 6.45) is -18.6. The number of nitrogens with zero attached hydrogens (tertiary/aromatic N) is 6. The van der Waals surface area contributed by atoms with Crippen LogP contribution in [0.5, 0.6) is 0 Å². The largest absolute Gasteiger partial charge is 0.463 e. The highest BCUT2D eigenvalue weighted by Gasteiger charge is 2.58. The van der Waals surface area contributed by atoms with E-state index >= 15 is 0 Å². The fourth-order valence-electron chi connectivity index (χ4n) is 10.4. The van der Waals surface area contributed by atoms with Gasteiger partial charge < -0.3 is 66.3 Å². The molecule has 3 heterocycles. The topological polar surface area (TPSA) is 295 Å². The number of azide groups is 2. The number of esters is 4. The highest BCUT2D eigenvalue weighted by atomic mass is 16.8. The molecule has 6 aromatic rings. The Hall–Kier alpha value is -8.58. The quantitative estimate of drug-likeness (QED) is 0.0152. The molecule has 0 bridgehead atoms. The van der Waals surface area contributed by atoms with Crippen molar-refractivity contribution in [1.82, 2.24) is 0 Å². The smallest absolute Gasteiger partial charge is 0.338 e. The number of benzene rings is 6. The summed E-state index contributed by atoms with van der Waals surface area (Å²) >= 11 is 0. The normalized spacial score (nSPS) is 26.6. The zero-order valence-electron chi connectivity index (χ0n) is 48.3. The number of hydrogen-bond donors (Lipinski definition) is 0. The summed E-state index contributed by atoms with van der Waals surface area (Å²) in [5.74, 6) is -3.03. The first-order valence-corrected chi connectivity index (χ1v) is 28.3. The maximum absolute atomic E-state index is 14.8. The van der Waals surface area contributed by atoms with Gasteiger partial charge in [-0.3, -0.25) is 4.79 Å². The summed E-state index contributed by atoms with van der Waals surface area (Å²) in [4.78, 5) is 61.3. The molecule has 24 heteroatoms. The van der Waals surface area contributed by atoms with E-state index in [0.717, 1.165) is 5.56 Å². The third-order valence-electron chi connectivity index (χ3n) is 14.6. The fourth-order valence-corrected chi connectivity index (χ4v) is 10.4. The van der Waals surface area contributed by atoms with Crippen molar-refractivity contribution < 1.29 is 85.5 Å². The number of methoxy groups -OCH3 is 2. The molecule has 0 N–H and O–H groups in total. The van der Waals surface area contributed by atoms with Crippen LogP contribution in [0.4, 0.5) is 0 Å². The van der Waals surface area contributed by atoms with Crippen molar-refractivity contribution in [3.8, 4) is 0 Å². The molecule has 3 aliphatic heterocycles. The van der Waals surface area contributed by atoms with Crippen LogP contribution in [0.2, 0.25) is 0 Å². The van der Waals surface area contributed by atoms with Gasteiger partial charge in [-0.2, -0.15) is 0 Å². The Labute approximate surface area is 506 Å². The zero-order chi connectivity index (χ0) is 61.6. The van der Waals surface area contributed by atoms with Crippen LogP contribution >= 0.6 is 0 Å². The van der Waals surface area contributed by atoms with Crippen LogP contribution in [-0.4, -0.2) is 150 Å². The number of carbonyl (C=O) groups is 4. The lowest BCUT2D eigenvalue weighted by Gasteiger charge is -2.50. The Morgan fingerprint density at radius 2 is 0.761 bits per heavy atom. The van der Waals surface area contributed by atoms with Gasteiger partial charge in [-0.15, -0.1) is 0 Å². The van der Waals surface area contributed by atoms with Crippen LogP contribution in [0.25, 0.3) is 20.9 Å². The minimum Gasteiger partial charge on any atom is -0.463 e. The second-order valence-corrected chi connectivity index (χ2v) is 20.4. The number of ether oxygens (including phenoxy) is 14. The Balaban J connectivity index is 1.16. The summed E-state index contributed by atoms with van der Waals surface area (Å²) in [5, 5.41) is 8.27. The predicted octanol–water partition coefficient (Wildman–Crippen LogP) is 9.21. The number of rotatable bonds is 27. The average Bonchev–Trinajstić information content (AvgIpc) is 1.47. The van der Waals surface area contributed by atoms with Gasteiger partial charge in [0.1, 0.15) is 86.8 Å². The van der Waals surface area contributed by atoms with Crippen molar-refractivity contribution in [3.63, 3.8) is 0 Å². The van der Waals surface area contributed by atoms with Crippen molar-refractivity contribution >= 4 is 23.9 Å². The van der Waals surface area contributed by atoms with Crippen LogP contribution in [0.3, 0.4) is 0 Å². The highest BCUT2D eigenvalue weighted by Crippen LogP contribution is 2.39. The van der Waals surface area contributed by atoms with E-state index in [1.807, 2.05) is 66.7 Å². The second-order valence-electron chi connectivity index (χ2n) is 20.4. The molecule has 460 valence electrons. The molecule has 0 radical (unpaired) electrons. The van der Waals surface area contributed by atoms with Gasteiger partial charge in [0.25, 0.3) is 0 Å². The molecule has 0 amide bonds. The van der Waals surface area contributed by atoms with Crippen LogP contribution in [-0.2, 0) is 90.9 Å². The van der Waals surface area contributed by atoms with Crippen molar-refractivity contribution in [3.05, 3.63) is 236 Å². The third kappa shape index (κ3) is 16.9. The molecule has 0 aliphatic carbocycles. The summed E-state index contributed by atoms with van der Waals surface area (Å²) in [7, 11) is 2.73. The second kappa shape index (κ2) is 32.4. The van der Waals surface area contributed by atoms with Gasteiger partial charge in [0.2, 0.25) is 0 Å². The molecule has 88 heavy (non-hydrogen) atoms. The summed E-state index contributed by atoms with van der Waals surface area (Å²) in [5.41, 5.74) is 23.1. The average molecular weight is 1210 g/mol. The van der Waals surface area contributed by atoms with Gasteiger partial charge in [0.15, 0.2) is 25.0 Å². The third-order valence-corrected chi connectivity index (χ3v) is 14.6. The molecule has 3 fully saturated rings. The van der Waals surface area contributed by atoms with Gasteiger partial charge in [0, 0.05) is 31.0 Å². The molecular formula is C64H66N6O18. The molecular weight excluding hydrogens is 1140 g/mol. The summed E-state index contributed by atoms with van der Waals surface area (Å²) in [6, 6.07) is 49.1. The Bertz CT molecular complexity index is 3260. The van der Waals surface area contributed by atoms with Gasteiger partial charge in [-0.05, 0) is 64.2 Å². The molecule has 0 saturated carbocycles. The minimum atomic E-state index is -1.80. The van der Waals surface area contributed by atoms with E-state index in [1.165, 1.54) is 33.3 Å². The first kappa shape index (κ1) is 63.9. The molecule has 6 aromatic carbocycles. The maximum Gasteiger partial charge on any atom is 0.338 e. The van der Waals surface area contributed by atoms with Crippen LogP contribution in [0.15, 0.2) is 192 Å². The van der Waals surface area contributed by atoms with Gasteiger partial charge in [-0.25, -0.2) is 14.4 Å². The van der Waals surface area contributed by atoms with Crippen LogP contribution in [0, 0.1) is 0 Å². The van der Waals surface area contributed by atoms with E-state index in [9.17, 15) is 30.2 Å². The van der Waals surface area contributed by atoms with E-state index in [0.29, 0.717) is 11.1 Å². The van der Waals surface area contributed by atoms with E-state index < -0.39 is 136 Å². The molecule has 3 saturated heterocycles. The van der Waals surface area contributed by atoms with Gasteiger partial charge in [0.05, 0.1) is 36.5 Å². The molecule has 15 atom stereocenters. The van der Waals surface area contributed by atoms with Crippen molar-refractivity contribution in [2.75, 3.05) is 34.0 Å². The highest BCUT2D eigenvalue weighted by molar-refractivity contribution is 5.90. The van der Waals surface area contributed by atoms with E-state index in [1.54, 1.807) is 103 Å². The van der Waals surface area contributed by atoms with E-state index in [2.05, 4.69) is 20.1 Å². The van der Waals surface area contributed by atoms with Gasteiger partial charge >= 0.3 is 23.9 Å². The van der Waals surface area contributed by atoms with Crippen molar-refractivity contribution in [1.29, 1.82) is 0 Å². The molecule has 9 rings (SSSR count). The predicted molar refractivity (Wildman–Crippen MR) is 310 cm³/mol. The lowest BCUT2D eigenvalue weighted by molar-refractivity contribution is -0.372. The molecule has 8 unspecified atom stereocenters. The Morgan fingerprint density at radius 3 is 1.19 bits per heavy atom. The van der Waals surface area contributed by atoms with Crippen LogP contribution < -0.4 is 0 Å². The van der Waals surface area contributed by atoms with E-state index in [-0.39, 0.29) is 36.5 Å². The Kier molecular flexibility index (Phi) is 23.5. The summed E-state index contributed by atoms with van der Waals surface area (Å²) < 4.78 is 90.4. The fraction of sp³-hybridized carbons (Fsp3) is 0.375. The first-order chi connectivity index (χ1) is 43.0. The van der Waals surface area contributed by atoms with Crippen molar-refractivity contribution in [2.45, 2.75) is 119 Å². The first-order valence-electron chi connectivity index (χ1n) is 28.3. The summed E-state index contributed by atoms with van der Waals surface area (Å²) in [6.45, 7) is -0.636. The molecule has 0 aromatic heterocycles. The van der Waals surface area contributed by atoms with Crippen LogP contribution in [0.1, 0.15) is 54.7 Å². The number of hydrogen-bond acceptors (Lipinski definition) is 20. The molecule has 24 nitrogen and oxygen atoms in total. The monoisotopic (exact) mass is 1210 g/mol. The van der Waals surface area contributed by atoms with Gasteiger partial charge in [-0.1, -0.05) is 156 Å². The Morgan fingerprint density at radius 1 is 0.409 bits per heavy atom. The van der Waals surface area contributed by atoms with Crippen molar-refractivity contribution in [2.24, 2.45) is 10.2 Å². The lowest BCUT2D eigenvalue weighted by atomic mass is 9.94. The SMILES string of the molecule is COC1OC(COC(=O)c2ccccc2)C(O[C@H]2O[C@@H](COC(C)=O)[C@@H](OC3OC(COC(=O)c4ccccc4)C(OC)[C@H](OCc4ccccc4)[C@H]3N=[N+]=[N-])C(OCc3ccccc3)C2OC(=O)c2ccccc2)[C@H](OCc2ccccc2)[C@H]1N=[N+]=[N-].